The van der Waals surface area contributed by atoms with Gasteiger partial charge < -0.3 is 14.4 Å². The molecule has 0 unspecified atom stereocenters. The molecule has 1 N–H and O–H groups in total. The van der Waals surface area contributed by atoms with Crippen molar-refractivity contribution in [2.24, 2.45) is 0 Å². The van der Waals surface area contributed by atoms with Crippen LogP contribution in [0.1, 0.15) is 45.7 Å². The summed E-state index contributed by atoms with van der Waals surface area (Å²) in [6.45, 7) is 4.10. The molecule has 8 heteroatoms. The molecule has 3 aromatic rings. The van der Waals surface area contributed by atoms with Gasteiger partial charge in [-0.05, 0) is 49.7 Å². The van der Waals surface area contributed by atoms with Gasteiger partial charge in [0.15, 0.2) is 5.78 Å². The Hall–Kier alpha value is -2.57. The van der Waals surface area contributed by atoms with Crippen molar-refractivity contribution in [1.82, 2.24) is 0 Å². The minimum atomic E-state index is -3.23. The Bertz CT molecular complexity index is 1160. The van der Waals surface area contributed by atoms with E-state index in [1.54, 1.807) is 80.6 Å². The Morgan fingerprint density at radius 1 is 0.879 bits per heavy atom. The van der Waals surface area contributed by atoms with Gasteiger partial charge in [0.1, 0.15) is 0 Å². The zero-order chi connectivity index (χ0) is 23.8. The third kappa shape index (κ3) is 6.71. The minimum absolute atomic E-state index is 0.124. The first-order valence-electron chi connectivity index (χ1n) is 10.5. The maximum Gasteiger partial charge on any atom is 0.335 e. The summed E-state index contributed by atoms with van der Waals surface area (Å²) in [5, 5.41) is 2.83. The fraction of sp³-hybridized carbons (Fsp3) is 0.200. The molecule has 0 bridgehead atoms. The molecule has 0 saturated carbocycles. The molecule has 0 aliphatic rings. The quantitative estimate of drug-likeness (QED) is 0.233. The summed E-state index contributed by atoms with van der Waals surface area (Å²) in [5.41, 5.74) is 2.47. The number of carbonyl (C=O) groups excluding carboxylic acids is 2. The van der Waals surface area contributed by atoms with E-state index in [1.807, 2.05) is 6.07 Å². The monoisotopic (exact) mass is 529 g/mol. The molecule has 1 amide bonds. The van der Waals surface area contributed by atoms with E-state index in [9.17, 15) is 14.2 Å². The van der Waals surface area contributed by atoms with Crippen molar-refractivity contribution in [2.75, 3.05) is 18.5 Å². The lowest BCUT2D eigenvalue weighted by molar-refractivity contribution is 0.102. The van der Waals surface area contributed by atoms with Crippen LogP contribution in [0, 0.1) is 0 Å². The van der Waals surface area contributed by atoms with Gasteiger partial charge in [-0.1, -0.05) is 58.4 Å². The van der Waals surface area contributed by atoms with Gasteiger partial charge in [0, 0.05) is 21.2 Å². The van der Waals surface area contributed by atoms with Crippen molar-refractivity contribution in [1.29, 1.82) is 0 Å². The second kappa shape index (κ2) is 11.5. The van der Waals surface area contributed by atoms with Crippen LogP contribution in [0.25, 0.3) is 0 Å². The number of rotatable bonds is 10. The number of hydrogen-bond donors (Lipinski definition) is 1. The molecule has 3 aromatic carbocycles. The lowest BCUT2D eigenvalue weighted by atomic mass is 10.0. The van der Waals surface area contributed by atoms with Crippen LogP contribution in [0.15, 0.2) is 77.3 Å². The maximum atomic E-state index is 13.0. The van der Waals surface area contributed by atoms with E-state index in [4.69, 9.17) is 9.05 Å². The fourth-order valence-electron chi connectivity index (χ4n) is 3.26. The summed E-state index contributed by atoms with van der Waals surface area (Å²) in [6, 6.07) is 20.8. The van der Waals surface area contributed by atoms with Crippen LogP contribution in [0.3, 0.4) is 0 Å². The lowest BCUT2D eigenvalue weighted by Gasteiger charge is -2.17. The summed E-state index contributed by atoms with van der Waals surface area (Å²) < 4.78 is 24.1. The third-order valence-corrected chi connectivity index (χ3v) is 7.30. The van der Waals surface area contributed by atoms with Crippen molar-refractivity contribution < 1.29 is 23.2 Å². The molecule has 0 aliphatic carbocycles. The third-order valence-electron chi connectivity index (χ3n) is 4.75. The number of halogens is 1. The normalized spacial score (nSPS) is 11.2. The van der Waals surface area contributed by atoms with Gasteiger partial charge in [0.05, 0.1) is 25.1 Å². The average Bonchev–Trinajstić information content (AvgIpc) is 2.81. The van der Waals surface area contributed by atoms with Gasteiger partial charge in [-0.3, -0.25) is 14.2 Å². The number of ketones is 1. The number of carbonyl (C=O) groups is 2. The van der Waals surface area contributed by atoms with Gasteiger partial charge in [-0.15, -0.1) is 0 Å². The number of anilines is 1. The van der Waals surface area contributed by atoms with Gasteiger partial charge in [-0.2, -0.15) is 0 Å². The number of benzene rings is 3. The van der Waals surface area contributed by atoms with Gasteiger partial charge in [0.25, 0.3) is 5.91 Å². The highest BCUT2D eigenvalue weighted by Gasteiger charge is 2.24. The van der Waals surface area contributed by atoms with E-state index < -0.39 is 7.60 Å². The van der Waals surface area contributed by atoms with Crippen molar-refractivity contribution in [2.45, 2.75) is 20.0 Å². The second-order valence-corrected chi connectivity index (χ2v) is 10.1. The number of nitrogens with one attached hydrogen (secondary N) is 1. The molecule has 0 spiro atoms. The summed E-state index contributed by atoms with van der Waals surface area (Å²) in [5.74, 6) is -0.547. The summed E-state index contributed by atoms with van der Waals surface area (Å²) in [6.07, 6.45) is 0.124. The summed E-state index contributed by atoms with van der Waals surface area (Å²) in [7, 11) is -3.23. The topological polar surface area (TPSA) is 81.7 Å². The van der Waals surface area contributed by atoms with Gasteiger partial charge in [-0.25, -0.2) is 0 Å². The summed E-state index contributed by atoms with van der Waals surface area (Å²) >= 11 is 3.39. The van der Waals surface area contributed by atoms with E-state index >= 15 is 0 Å². The molecule has 0 aliphatic heterocycles. The minimum Gasteiger partial charge on any atom is -0.321 e. The zero-order valence-corrected chi connectivity index (χ0v) is 20.9. The predicted molar refractivity (Wildman–Crippen MR) is 133 cm³/mol. The van der Waals surface area contributed by atoms with Crippen molar-refractivity contribution >= 4 is 40.9 Å². The average molecular weight is 530 g/mol. The second-order valence-electron chi connectivity index (χ2n) is 7.14. The van der Waals surface area contributed by atoms with E-state index in [0.717, 1.165) is 10.0 Å². The zero-order valence-electron chi connectivity index (χ0n) is 18.4. The van der Waals surface area contributed by atoms with Crippen LogP contribution in [0.2, 0.25) is 0 Å². The largest absolute Gasteiger partial charge is 0.335 e. The highest BCUT2D eigenvalue weighted by molar-refractivity contribution is 9.10. The molecule has 0 saturated heterocycles. The summed E-state index contributed by atoms with van der Waals surface area (Å²) in [4.78, 5) is 25.9. The van der Waals surface area contributed by atoms with Crippen molar-refractivity contribution in [3.05, 3.63) is 99.5 Å². The lowest BCUT2D eigenvalue weighted by Crippen LogP contribution is -2.15. The molecule has 33 heavy (non-hydrogen) atoms. The molecule has 3 rings (SSSR count). The molecule has 0 fully saturated rings. The van der Waals surface area contributed by atoms with Crippen molar-refractivity contribution in [3.63, 3.8) is 0 Å². The molecule has 0 aromatic heterocycles. The molecule has 0 radical (unpaired) electrons. The highest BCUT2D eigenvalue weighted by Crippen LogP contribution is 2.51. The Balaban J connectivity index is 1.78. The fourth-order valence-corrected chi connectivity index (χ4v) is 5.32. The van der Waals surface area contributed by atoms with Crippen LogP contribution in [-0.4, -0.2) is 24.9 Å². The standard InChI is InChI=1S/C25H25BrNO5P/c1-3-31-33(30,32-4-2)17-18-10-12-20(13-11-18)25(29)27-23-15-14-21(26)16-22(23)24(28)19-8-6-5-7-9-19/h5-16H,3-4,17H2,1-2H3,(H,27,29). The van der Waals surface area contributed by atoms with E-state index in [2.05, 4.69) is 21.2 Å². The molecule has 6 nitrogen and oxygen atoms in total. The molecule has 0 heterocycles. The van der Waals surface area contributed by atoms with E-state index in [1.165, 1.54) is 0 Å². The SMILES string of the molecule is CCOP(=O)(Cc1ccc(C(=O)Nc2ccc(Br)cc2C(=O)c2ccccc2)cc1)OCC. The highest BCUT2D eigenvalue weighted by atomic mass is 79.9. The van der Waals surface area contributed by atoms with Gasteiger partial charge >= 0.3 is 7.60 Å². The Morgan fingerprint density at radius 2 is 1.52 bits per heavy atom. The van der Waals surface area contributed by atoms with Gasteiger partial charge in [0.2, 0.25) is 0 Å². The Kier molecular flexibility index (Phi) is 8.75. The first-order chi connectivity index (χ1) is 15.8. The Morgan fingerprint density at radius 3 is 2.12 bits per heavy atom. The van der Waals surface area contributed by atoms with Crippen LogP contribution >= 0.6 is 23.5 Å². The predicted octanol–water partition coefficient (Wildman–Crippen LogP) is 6.70. The van der Waals surface area contributed by atoms with Crippen LogP contribution in [-0.2, 0) is 19.8 Å². The van der Waals surface area contributed by atoms with E-state index in [-0.39, 0.29) is 31.1 Å². The number of amides is 1. The molecule has 0 atom stereocenters. The Labute approximate surface area is 202 Å². The molecular formula is C25H25BrNO5P. The first kappa shape index (κ1) is 25.1. The van der Waals surface area contributed by atoms with Crippen LogP contribution < -0.4 is 5.32 Å². The van der Waals surface area contributed by atoms with Crippen molar-refractivity contribution in [3.8, 4) is 0 Å². The smallest absolute Gasteiger partial charge is 0.321 e. The van der Waals surface area contributed by atoms with Crippen LogP contribution in [0.5, 0.6) is 0 Å². The number of hydrogen-bond acceptors (Lipinski definition) is 5. The van der Waals surface area contributed by atoms with Crippen LogP contribution in [0.4, 0.5) is 5.69 Å². The maximum absolute atomic E-state index is 13.0. The van der Waals surface area contributed by atoms with E-state index in [0.29, 0.717) is 22.4 Å². The molecule has 172 valence electrons. The first-order valence-corrected chi connectivity index (χ1v) is 13.0. The molecular weight excluding hydrogens is 505 g/mol.